The van der Waals surface area contributed by atoms with Gasteiger partial charge in [-0.1, -0.05) is 53.3 Å². The van der Waals surface area contributed by atoms with Crippen molar-refractivity contribution in [2.45, 2.75) is 27.3 Å². The van der Waals surface area contributed by atoms with E-state index in [0.717, 1.165) is 33.5 Å². The van der Waals surface area contributed by atoms with Gasteiger partial charge in [0.1, 0.15) is 10.1 Å². The average molecular weight is 425 g/mol. The maximum atomic E-state index is 12.7. The third-order valence-electron chi connectivity index (χ3n) is 4.77. The van der Waals surface area contributed by atoms with Crippen LogP contribution < -0.4 is 15.0 Å². The summed E-state index contributed by atoms with van der Waals surface area (Å²) < 4.78 is 6.18. The standard InChI is InChI=1S/C22H20N2O3S2/c1-12-4-13(2)6-16(5-12)10-24-17-8-15(9-18-21(26)23-22(28)29-18)7-14(3)20(17)27-11-19(24)25/h4-9H,10-11H2,1-3H3,(H,23,26,28)/b18-9+. The number of thiocarbonyl (C=S) groups is 1. The molecule has 0 aromatic heterocycles. The van der Waals surface area contributed by atoms with Crippen LogP contribution in [0, 0.1) is 20.8 Å². The number of hydrogen-bond donors (Lipinski definition) is 1. The van der Waals surface area contributed by atoms with E-state index in [9.17, 15) is 9.59 Å². The van der Waals surface area contributed by atoms with Crippen molar-refractivity contribution in [1.29, 1.82) is 0 Å². The number of anilines is 1. The van der Waals surface area contributed by atoms with Crippen LogP contribution in [0.15, 0.2) is 35.2 Å². The lowest BCUT2D eigenvalue weighted by molar-refractivity contribution is -0.121. The van der Waals surface area contributed by atoms with Gasteiger partial charge >= 0.3 is 0 Å². The second kappa shape index (κ2) is 7.65. The van der Waals surface area contributed by atoms with E-state index in [1.165, 1.54) is 11.8 Å². The van der Waals surface area contributed by atoms with E-state index in [0.29, 0.717) is 21.5 Å². The van der Waals surface area contributed by atoms with Gasteiger partial charge in [0.2, 0.25) is 0 Å². The third-order valence-corrected chi connectivity index (χ3v) is 5.93. The highest BCUT2D eigenvalue weighted by Crippen LogP contribution is 2.38. The van der Waals surface area contributed by atoms with Crippen molar-refractivity contribution in [3.8, 4) is 5.75 Å². The number of nitrogens with one attached hydrogen (secondary N) is 1. The zero-order valence-electron chi connectivity index (χ0n) is 16.4. The Kier molecular flexibility index (Phi) is 5.19. The van der Waals surface area contributed by atoms with Gasteiger partial charge < -0.3 is 15.0 Å². The summed E-state index contributed by atoms with van der Waals surface area (Å²) in [4.78, 5) is 27.0. The Morgan fingerprint density at radius 1 is 1.14 bits per heavy atom. The monoisotopic (exact) mass is 424 g/mol. The smallest absolute Gasteiger partial charge is 0.265 e. The Labute approximate surface area is 179 Å². The van der Waals surface area contributed by atoms with Crippen molar-refractivity contribution >= 4 is 51.9 Å². The van der Waals surface area contributed by atoms with E-state index in [2.05, 4.69) is 37.4 Å². The SMILES string of the molecule is Cc1cc(C)cc(CN2C(=O)COc3c(C)cc(/C=C4/SC(=S)NC4=O)cc32)c1. The first-order valence-corrected chi connectivity index (χ1v) is 10.4. The first-order valence-electron chi connectivity index (χ1n) is 9.20. The number of hydrogen-bond acceptors (Lipinski definition) is 5. The molecule has 0 atom stereocenters. The number of ether oxygens (including phenoxy) is 1. The van der Waals surface area contributed by atoms with Crippen molar-refractivity contribution in [2.75, 3.05) is 11.5 Å². The molecule has 2 heterocycles. The number of aryl methyl sites for hydroxylation is 3. The molecular weight excluding hydrogens is 404 g/mol. The van der Waals surface area contributed by atoms with Gasteiger partial charge in [-0.3, -0.25) is 9.59 Å². The molecule has 0 radical (unpaired) electrons. The van der Waals surface area contributed by atoms with Crippen LogP contribution in [0.1, 0.15) is 27.8 Å². The highest BCUT2D eigenvalue weighted by atomic mass is 32.2. The minimum absolute atomic E-state index is 0.0194. The Morgan fingerprint density at radius 3 is 2.52 bits per heavy atom. The highest BCUT2D eigenvalue weighted by molar-refractivity contribution is 8.26. The molecule has 0 spiro atoms. The Bertz CT molecular complexity index is 1070. The number of nitrogens with zero attached hydrogens (tertiary/aromatic N) is 1. The molecule has 1 N–H and O–H groups in total. The molecule has 0 bridgehead atoms. The van der Waals surface area contributed by atoms with Crippen LogP contribution >= 0.6 is 24.0 Å². The summed E-state index contributed by atoms with van der Waals surface area (Å²) in [6.45, 7) is 6.53. The van der Waals surface area contributed by atoms with Gasteiger partial charge in [-0.15, -0.1) is 0 Å². The van der Waals surface area contributed by atoms with Gasteiger partial charge in [0, 0.05) is 0 Å². The van der Waals surface area contributed by atoms with E-state index in [1.807, 2.05) is 19.1 Å². The van der Waals surface area contributed by atoms with E-state index in [4.69, 9.17) is 17.0 Å². The van der Waals surface area contributed by atoms with Crippen LogP contribution in [-0.2, 0) is 16.1 Å². The largest absolute Gasteiger partial charge is 0.481 e. The van der Waals surface area contributed by atoms with Crippen molar-refractivity contribution < 1.29 is 14.3 Å². The minimum atomic E-state index is -0.199. The number of carbonyl (C=O) groups excluding carboxylic acids is 2. The number of rotatable bonds is 3. The van der Waals surface area contributed by atoms with Crippen LogP contribution in [0.25, 0.3) is 6.08 Å². The van der Waals surface area contributed by atoms with Gasteiger partial charge in [-0.25, -0.2) is 0 Å². The fourth-order valence-corrected chi connectivity index (χ4v) is 4.73. The second-order valence-corrected chi connectivity index (χ2v) is 9.02. The van der Waals surface area contributed by atoms with Gasteiger partial charge in [0.25, 0.3) is 11.8 Å². The predicted octanol–water partition coefficient (Wildman–Crippen LogP) is 4.03. The third kappa shape index (κ3) is 4.06. The molecular formula is C22H20N2O3S2. The molecule has 0 saturated carbocycles. The predicted molar refractivity (Wildman–Crippen MR) is 120 cm³/mol. The van der Waals surface area contributed by atoms with E-state index in [-0.39, 0.29) is 18.4 Å². The molecule has 29 heavy (non-hydrogen) atoms. The number of fused-ring (bicyclic) bond motifs is 1. The molecule has 2 aromatic carbocycles. The fraction of sp³-hybridized carbons (Fsp3) is 0.227. The van der Waals surface area contributed by atoms with Crippen LogP contribution in [0.5, 0.6) is 5.75 Å². The molecule has 2 amide bonds. The molecule has 5 nitrogen and oxygen atoms in total. The lowest BCUT2D eigenvalue weighted by atomic mass is 10.0. The Balaban J connectivity index is 1.74. The second-order valence-electron chi connectivity index (χ2n) is 7.30. The first-order chi connectivity index (χ1) is 13.8. The minimum Gasteiger partial charge on any atom is -0.481 e. The zero-order valence-corrected chi connectivity index (χ0v) is 18.0. The van der Waals surface area contributed by atoms with Gasteiger partial charge in [-0.05, 0) is 55.7 Å². The molecule has 4 rings (SSSR count). The molecule has 1 saturated heterocycles. The lowest BCUT2D eigenvalue weighted by Gasteiger charge is -2.31. The maximum absolute atomic E-state index is 12.7. The average Bonchev–Trinajstić information content (AvgIpc) is 2.94. The topological polar surface area (TPSA) is 58.6 Å². The molecule has 2 aliphatic rings. The fourth-order valence-electron chi connectivity index (χ4n) is 3.69. The van der Waals surface area contributed by atoms with Crippen molar-refractivity contribution in [3.63, 3.8) is 0 Å². The lowest BCUT2D eigenvalue weighted by Crippen LogP contribution is -2.38. The molecule has 0 aliphatic carbocycles. The van der Waals surface area contributed by atoms with E-state index < -0.39 is 0 Å². The summed E-state index contributed by atoms with van der Waals surface area (Å²) in [6, 6.07) is 10.1. The number of amides is 2. The van der Waals surface area contributed by atoms with Crippen molar-refractivity contribution in [2.24, 2.45) is 0 Å². The molecule has 1 fully saturated rings. The number of thioether (sulfide) groups is 1. The summed E-state index contributed by atoms with van der Waals surface area (Å²) in [5.41, 5.74) is 5.86. The van der Waals surface area contributed by atoms with Gasteiger partial charge in [0.15, 0.2) is 6.61 Å². The highest BCUT2D eigenvalue weighted by Gasteiger charge is 2.28. The van der Waals surface area contributed by atoms with E-state index >= 15 is 0 Å². The van der Waals surface area contributed by atoms with Crippen LogP contribution in [0.4, 0.5) is 5.69 Å². The maximum Gasteiger partial charge on any atom is 0.265 e. The Hall–Kier alpha value is -2.64. The van der Waals surface area contributed by atoms with Crippen LogP contribution in [0.3, 0.4) is 0 Å². The van der Waals surface area contributed by atoms with E-state index in [1.54, 1.807) is 11.0 Å². The van der Waals surface area contributed by atoms with Gasteiger partial charge in [-0.2, -0.15) is 0 Å². The van der Waals surface area contributed by atoms with Crippen LogP contribution in [0.2, 0.25) is 0 Å². The molecule has 148 valence electrons. The van der Waals surface area contributed by atoms with Gasteiger partial charge in [0.05, 0.1) is 17.1 Å². The number of benzene rings is 2. The summed E-state index contributed by atoms with van der Waals surface area (Å²) in [6.07, 6.45) is 1.79. The molecule has 2 aliphatic heterocycles. The number of carbonyl (C=O) groups is 2. The van der Waals surface area contributed by atoms with Crippen molar-refractivity contribution in [3.05, 3.63) is 63.1 Å². The summed E-state index contributed by atoms with van der Waals surface area (Å²) in [5, 5.41) is 2.62. The summed E-state index contributed by atoms with van der Waals surface area (Å²) >= 11 is 6.30. The summed E-state index contributed by atoms with van der Waals surface area (Å²) in [5.74, 6) is 0.417. The first kappa shape index (κ1) is 19.7. The molecule has 7 heteroatoms. The summed E-state index contributed by atoms with van der Waals surface area (Å²) in [7, 11) is 0. The zero-order chi connectivity index (χ0) is 20.7. The molecule has 0 unspecified atom stereocenters. The van der Waals surface area contributed by atoms with Crippen molar-refractivity contribution in [1.82, 2.24) is 5.32 Å². The Morgan fingerprint density at radius 2 is 1.86 bits per heavy atom. The molecule has 2 aromatic rings. The quantitative estimate of drug-likeness (QED) is 0.596. The van der Waals surface area contributed by atoms with Crippen LogP contribution in [-0.4, -0.2) is 22.7 Å². The normalized spacial score (nSPS) is 17.4.